The van der Waals surface area contributed by atoms with Crippen LogP contribution in [-0.2, 0) is 0 Å². The van der Waals surface area contributed by atoms with Gasteiger partial charge in [-0.25, -0.2) is 4.39 Å². The van der Waals surface area contributed by atoms with Crippen molar-refractivity contribution in [2.75, 3.05) is 44.2 Å². The van der Waals surface area contributed by atoms with Gasteiger partial charge in [0.15, 0.2) is 5.78 Å². The van der Waals surface area contributed by atoms with Crippen LogP contribution in [0.25, 0.3) is 0 Å². The average Bonchev–Trinajstić information content (AvgIpc) is 2.40. The Morgan fingerprint density at radius 3 is 2.45 bits per heavy atom. The normalized spacial score (nSPS) is 15.8. The quantitative estimate of drug-likeness (QED) is 0.857. The van der Waals surface area contributed by atoms with Crippen LogP contribution in [0.4, 0.5) is 10.1 Å². The van der Waals surface area contributed by atoms with E-state index in [1.54, 1.807) is 12.1 Å². The first-order valence-electron chi connectivity index (χ1n) is 6.59. The molecule has 0 spiro atoms. The molecule has 2 rings (SSSR count). The van der Waals surface area contributed by atoms with Crippen LogP contribution in [0, 0.1) is 5.82 Å². The lowest BCUT2D eigenvalue weighted by Gasteiger charge is -2.36. The van der Waals surface area contributed by atoms with Gasteiger partial charge in [0.1, 0.15) is 5.82 Å². The van der Waals surface area contributed by atoms with E-state index >= 15 is 0 Å². The second-order valence-corrected chi connectivity index (χ2v) is 4.84. The highest BCUT2D eigenvalue weighted by molar-refractivity contribution is 5.94. The van der Waals surface area contributed by atoms with Crippen molar-refractivity contribution in [1.29, 1.82) is 0 Å². The largest absolute Gasteiger partial charge is 0.367 e. The Hall–Kier alpha value is -1.17. The Balaban J connectivity index is 0.00000200. The molecule has 0 radical (unpaired) electrons. The Morgan fingerprint density at radius 2 is 1.95 bits per heavy atom. The molecule has 112 valence electrons. The lowest BCUT2D eigenvalue weighted by atomic mass is 10.1. The zero-order chi connectivity index (χ0) is 13.8. The summed E-state index contributed by atoms with van der Waals surface area (Å²) in [5, 5.41) is 0. The van der Waals surface area contributed by atoms with Crippen molar-refractivity contribution < 1.29 is 9.18 Å². The summed E-state index contributed by atoms with van der Waals surface area (Å²) < 4.78 is 14.0. The molecule has 1 aliphatic rings. The number of carbonyl (C=O) groups is 1. The van der Waals surface area contributed by atoms with Crippen molar-refractivity contribution in [1.82, 2.24) is 4.90 Å². The minimum absolute atomic E-state index is 0. The summed E-state index contributed by atoms with van der Waals surface area (Å²) in [6.45, 7) is 6.35. The summed E-state index contributed by atoms with van der Waals surface area (Å²) in [5.41, 5.74) is 6.53. The van der Waals surface area contributed by atoms with Crippen LogP contribution in [0.2, 0.25) is 0 Å². The van der Waals surface area contributed by atoms with Gasteiger partial charge in [-0.2, -0.15) is 0 Å². The molecule has 1 aromatic carbocycles. The molecule has 6 heteroatoms. The highest BCUT2D eigenvalue weighted by Crippen LogP contribution is 2.22. The SMILES string of the molecule is CC(=O)c1ccc(N2CCN(CCN)CC2)c(F)c1.Cl. The topological polar surface area (TPSA) is 49.6 Å². The monoisotopic (exact) mass is 301 g/mol. The third kappa shape index (κ3) is 3.91. The van der Waals surface area contributed by atoms with Crippen LogP contribution < -0.4 is 10.6 Å². The van der Waals surface area contributed by atoms with E-state index in [4.69, 9.17) is 5.73 Å². The second-order valence-electron chi connectivity index (χ2n) is 4.84. The fourth-order valence-electron chi connectivity index (χ4n) is 2.38. The van der Waals surface area contributed by atoms with E-state index in [1.807, 2.05) is 4.90 Å². The summed E-state index contributed by atoms with van der Waals surface area (Å²) in [5.74, 6) is -0.432. The third-order valence-electron chi connectivity index (χ3n) is 3.51. The molecular formula is C14H21ClFN3O. The van der Waals surface area contributed by atoms with Crippen molar-refractivity contribution in [3.05, 3.63) is 29.6 Å². The molecule has 1 fully saturated rings. The van der Waals surface area contributed by atoms with Gasteiger partial charge in [-0.05, 0) is 25.1 Å². The molecule has 1 aliphatic heterocycles. The molecule has 0 unspecified atom stereocenters. The first-order valence-corrected chi connectivity index (χ1v) is 6.59. The highest BCUT2D eigenvalue weighted by atomic mass is 35.5. The van der Waals surface area contributed by atoms with Gasteiger partial charge in [-0.1, -0.05) is 0 Å². The fourth-order valence-corrected chi connectivity index (χ4v) is 2.38. The third-order valence-corrected chi connectivity index (χ3v) is 3.51. The van der Waals surface area contributed by atoms with E-state index in [0.717, 1.165) is 32.7 Å². The smallest absolute Gasteiger partial charge is 0.159 e. The lowest BCUT2D eigenvalue weighted by Crippen LogP contribution is -2.48. The minimum Gasteiger partial charge on any atom is -0.367 e. The van der Waals surface area contributed by atoms with Gasteiger partial charge in [0.2, 0.25) is 0 Å². The minimum atomic E-state index is -0.319. The van der Waals surface area contributed by atoms with E-state index in [9.17, 15) is 9.18 Å². The van der Waals surface area contributed by atoms with Crippen LogP contribution in [0.1, 0.15) is 17.3 Å². The molecule has 0 aliphatic carbocycles. The molecule has 0 aromatic heterocycles. The molecule has 0 amide bonds. The van der Waals surface area contributed by atoms with Gasteiger partial charge in [0, 0.05) is 44.8 Å². The van der Waals surface area contributed by atoms with Crippen molar-refractivity contribution in [2.24, 2.45) is 5.73 Å². The lowest BCUT2D eigenvalue weighted by molar-refractivity contribution is 0.101. The zero-order valence-corrected chi connectivity index (χ0v) is 12.5. The molecule has 0 atom stereocenters. The number of rotatable bonds is 4. The Labute approximate surface area is 125 Å². The Kier molecular flexibility index (Phi) is 6.39. The maximum atomic E-state index is 14.0. The van der Waals surface area contributed by atoms with Gasteiger partial charge in [-0.3, -0.25) is 9.69 Å². The van der Waals surface area contributed by atoms with Crippen LogP contribution in [0.15, 0.2) is 18.2 Å². The summed E-state index contributed by atoms with van der Waals surface area (Å²) in [4.78, 5) is 15.5. The molecule has 1 saturated heterocycles. The molecule has 0 bridgehead atoms. The van der Waals surface area contributed by atoms with Crippen molar-refractivity contribution in [3.8, 4) is 0 Å². The van der Waals surface area contributed by atoms with Gasteiger partial charge >= 0.3 is 0 Å². The summed E-state index contributed by atoms with van der Waals surface area (Å²) in [6, 6.07) is 4.71. The number of ketones is 1. The Morgan fingerprint density at radius 1 is 1.30 bits per heavy atom. The number of nitrogens with two attached hydrogens (primary N) is 1. The molecule has 1 heterocycles. The average molecular weight is 302 g/mol. The van der Waals surface area contributed by atoms with E-state index in [1.165, 1.54) is 13.0 Å². The van der Waals surface area contributed by atoms with E-state index in [0.29, 0.717) is 17.8 Å². The van der Waals surface area contributed by atoms with Gasteiger partial charge in [-0.15, -0.1) is 12.4 Å². The number of hydrogen-bond acceptors (Lipinski definition) is 4. The number of benzene rings is 1. The molecular weight excluding hydrogens is 281 g/mol. The molecule has 2 N–H and O–H groups in total. The highest BCUT2D eigenvalue weighted by Gasteiger charge is 2.19. The molecule has 1 aromatic rings. The zero-order valence-electron chi connectivity index (χ0n) is 11.6. The van der Waals surface area contributed by atoms with Crippen LogP contribution in [-0.4, -0.2) is 50.0 Å². The maximum Gasteiger partial charge on any atom is 0.159 e. The molecule has 0 saturated carbocycles. The van der Waals surface area contributed by atoms with Crippen molar-refractivity contribution >= 4 is 23.9 Å². The summed E-state index contributed by atoms with van der Waals surface area (Å²) in [7, 11) is 0. The first kappa shape index (κ1) is 16.9. The number of piperazine rings is 1. The second kappa shape index (κ2) is 7.57. The number of halogens is 2. The number of hydrogen-bond donors (Lipinski definition) is 1. The number of nitrogens with zero attached hydrogens (tertiary/aromatic N) is 2. The van der Waals surface area contributed by atoms with Gasteiger partial charge < -0.3 is 10.6 Å². The van der Waals surface area contributed by atoms with Crippen LogP contribution in [0.3, 0.4) is 0 Å². The number of anilines is 1. The molecule has 4 nitrogen and oxygen atoms in total. The Bertz CT molecular complexity index is 462. The van der Waals surface area contributed by atoms with Gasteiger partial charge in [0.05, 0.1) is 5.69 Å². The van der Waals surface area contributed by atoms with E-state index < -0.39 is 0 Å². The number of carbonyl (C=O) groups excluding carboxylic acids is 1. The molecule has 20 heavy (non-hydrogen) atoms. The van der Waals surface area contributed by atoms with E-state index in [2.05, 4.69) is 4.90 Å². The number of Topliss-reactive ketones (excluding diaryl/α,β-unsaturated/α-hetero) is 1. The fraction of sp³-hybridized carbons (Fsp3) is 0.500. The summed E-state index contributed by atoms with van der Waals surface area (Å²) >= 11 is 0. The predicted molar refractivity (Wildman–Crippen MR) is 81.4 cm³/mol. The first-order chi connectivity index (χ1) is 9.11. The van der Waals surface area contributed by atoms with Crippen molar-refractivity contribution in [3.63, 3.8) is 0 Å². The predicted octanol–water partition coefficient (Wildman–Crippen LogP) is 1.53. The maximum absolute atomic E-state index is 14.0. The van der Waals surface area contributed by atoms with Crippen LogP contribution >= 0.6 is 12.4 Å². The van der Waals surface area contributed by atoms with Crippen LogP contribution in [0.5, 0.6) is 0 Å². The summed E-state index contributed by atoms with van der Waals surface area (Å²) in [6.07, 6.45) is 0. The van der Waals surface area contributed by atoms with E-state index in [-0.39, 0.29) is 24.0 Å². The van der Waals surface area contributed by atoms with Gasteiger partial charge in [0.25, 0.3) is 0 Å². The standard InChI is InChI=1S/C14H20FN3O.ClH/c1-11(19)12-2-3-14(13(15)10-12)18-8-6-17(5-4-16)7-9-18;/h2-3,10H,4-9,16H2,1H3;1H. The van der Waals surface area contributed by atoms with Crippen molar-refractivity contribution in [2.45, 2.75) is 6.92 Å².